The van der Waals surface area contributed by atoms with Gasteiger partial charge in [-0.2, -0.15) is 0 Å². The zero-order valence-electron chi connectivity index (χ0n) is 20.3. The summed E-state index contributed by atoms with van der Waals surface area (Å²) >= 11 is 0. The molecule has 4 heteroatoms. The van der Waals surface area contributed by atoms with Crippen LogP contribution >= 0.6 is 0 Å². The first-order chi connectivity index (χ1) is 18.7. The van der Waals surface area contributed by atoms with Crippen molar-refractivity contribution in [2.75, 3.05) is 0 Å². The van der Waals surface area contributed by atoms with Crippen LogP contribution in [0.3, 0.4) is 0 Å². The number of hydrogen-bond donors (Lipinski definition) is 0. The van der Waals surface area contributed by atoms with Crippen LogP contribution in [0, 0.1) is 0 Å². The number of hydrogen-bond acceptors (Lipinski definition) is 4. The van der Waals surface area contributed by atoms with Crippen LogP contribution in [0.15, 0.2) is 133 Å². The van der Waals surface area contributed by atoms with E-state index >= 15 is 0 Å². The third-order valence-electron chi connectivity index (χ3n) is 6.44. The SMILES string of the molecule is O=C(Oc1cc2ccccc2c(-c2cccc3ccccc23)c1OC(=O)c1ccccc1)c1ccccc1. The molecule has 0 atom stereocenters. The number of fused-ring (bicyclic) bond motifs is 2. The quantitative estimate of drug-likeness (QED) is 0.179. The minimum absolute atomic E-state index is 0.171. The molecule has 0 N–H and O–H groups in total. The highest BCUT2D eigenvalue weighted by Gasteiger charge is 2.24. The molecule has 0 aliphatic rings. The van der Waals surface area contributed by atoms with Gasteiger partial charge in [-0.05, 0) is 57.4 Å². The molecule has 0 aliphatic heterocycles. The van der Waals surface area contributed by atoms with Crippen molar-refractivity contribution in [3.05, 3.63) is 145 Å². The topological polar surface area (TPSA) is 52.6 Å². The first-order valence-corrected chi connectivity index (χ1v) is 12.3. The number of carbonyl (C=O) groups is 2. The Bertz CT molecular complexity index is 1790. The van der Waals surface area contributed by atoms with Gasteiger partial charge < -0.3 is 9.47 Å². The standard InChI is InChI=1S/C34H22O4/c35-33(24-13-3-1-4-14-24)37-30-22-26-17-8-10-20-28(26)31(29-21-11-18-23-12-7-9-19-27(23)29)32(30)38-34(36)25-15-5-2-6-16-25/h1-22H. The van der Waals surface area contributed by atoms with Crippen LogP contribution in [0.4, 0.5) is 0 Å². The molecule has 4 nitrogen and oxygen atoms in total. The number of rotatable bonds is 5. The molecule has 182 valence electrons. The molecule has 0 heterocycles. The lowest BCUT2D eigenvalue weighted by Gasteiger charge is -2.19. The normalized spacial score (nSPS) is 10.8. The zero-order chi connectivity index (χ0) is 25.9. The van der Waals surface area contributed by atoms with Crippen LogP contribution in [-0.4, -0.2) is 11.9 Å². The molecule has 0 aliphatic carbocycles. The average Bonchev–Trinajstić information content (AvgIpc) is 2.98. The van der Waals surface area contributed by atoms with E-state index in [2.05, 4.69) is 0 Å². The molecule has 0 saturated heterocycles. The Morgan fingerprint density at radius 2 is 1.00 bits per heavy atom. The highest BCUT2D eigenvalue weighted by atomic mass is 16.6. The Morgan fingerprint density at radius 1 is 0.474 bits per heavy atom. The van der Waals surface area contributed by atoms with Crippen LogP contribution in [-0.2, 0) is 0 Å². The van der Waals surface area contributed by atoms with Gasteiger partial charge in [0, 0.05) is 5.56 Å². The van der Waals surface area contributed by atoms with Crippen molar-refractivity contribution in [3.8, 4) is 22.6 Å². The van der Waals surface area contributed by atoms with Gasteiger partial charge in [-0.1, -0.05) is 103 Å². The summed E-state index contributed by atoms with van der Waals surface area (Å²) in [5.41, 5.74) is 2.34. The lowest BCUT2D eigenvalue weighted by Crippen LogP contribution is -2.13. The van der Waals surface area contributed by atoms with Gasteiger partial charge >= 0.3 is 11.9 Å². The van der Waals surface area contributed by atoms with Crippen LogP contribution in [0.5, 0.6) is 11.5 Å². The lowest BCUT2D eigenvalue weighted by molar-refractivity contribution is 0.0683. The van der Waals surface area contributed by atoms with E-state index < -0.39 is 11.9 Å². The Balaban J connectivity index is 1.61. The molecule has 38 heavy (non-hydrogen) atoms. The van der Waals surface area contributed by atoms with Crippen molar-refractivity contribution in [1.82, 2.24) is 0 Å². The second-order valence-corrected chi connectivity index (χ2v) is 8.84. The molecule has 6 aromatic rings. The highest BCUT2D eigenvalue weighted by molar-refractivity contribution is 6.10. The summed E-state index contributed by atoms with van der Waals surface area (Å²) in [6, 6.07) is 41.1. The Kier molecular flexibility index (Phi) is 6.12. The Hall–Kier alpha value is -5.22. The third kappa shape index (κ3) is 4.40. The molecule has 0 amide bonds. The van der Waals surface area contributed by atoms with Crippen LogP contribution in [0.25, 0.3) is 32.7 Å². The van der Waals surface area contributed by atoms with E-state index in [4.69, 9.17) is 9.47 Å². The highest BCUT2D eigenvalue weighted by Crippen LogP contribution is 2.46. The second-order valence-electron chi connectivity index (χ2n) is 8.84. The predicted octanol–water partition coefficient (Wildman–Crippen LogP) is 8.10. The van der Waals surface area contributed by atoms with Crippen LogP contribution in [0.2, 0.25) is 0 Å². The second kappa shape index (κ2) is 10.0. The maximum atomic E-state index is 13.3. The van der Waals surface area contributed by atoms with Crippen LogP contribution in [0.1, 0.15) is 20.7 Å². The monoisotopic (exact) mass is 494 g/mol. The largest absolute Gasteiger partial charge is 0.419 e. The van der Waals surface area contributed by atoms with E-state index in [0.29, 0.717) is 16.7 Å². The predicted molar refractivity (Wildman–Crippen MR) is 150 cm³/mol. The summed E-state index contributed by atoms with van der Waals surface area (Å²) in [5.74, 6) is -0.718. The van der Waals surface area contributed by atoms with Gasteiger partial charge in [0.2, 0.25) is 0 Å². The van der Waals surface area contributed by atoms with E-state index in [9.17, 15) is 9.59 Å². The fraction of sp³-hybridized carbons (Fsp3) is 0. The Labute approximate surface area is 219 Å². The number of esters is 2. The first-order valence-electron chi connectivity index (χ1n) is 12.3. The van der Waals surface area contributed by atoms with Gasteiger partial charge in [0.1, 0.15) is 0 Å². The molecule has 0 unspecified atom stereocenters. The molecule has 0 spiro atoms. The van der Waals surface area contributed by atoms with Gasteiger partial charge in [0.15, 0.2) is 11.5 Å². The zero-order valence-corrected chi connectivity index (χ0v) is 20.3. The fourth-order valence-electron chi connectivity index (χ4n) is 4.65. The minimum Gasteiger partial charge on any atom is -0.419 e. The van der Waals surface area contributed by atoms with Crippen molar-refractivity contribution >= 4 is 33.5 Å². The molecule has 6 rings (SSSR count). The number of carbonyl (C=O) groups excluding carboxylic acids is 2. The van der Waals surface area contributed by atoms with Crippen molar-refractivity contribution in [2.24, 2.45) is 0 Å². The van der Waals surface area contributed by atoms with E-state index in [0.717, 1.165) is 27.1 Å². The van der Waals surface area contributed by atoms with Gasteiger partial charge in [0.05, 0.1) is 11.1 Å². The molecular weight excluding hydrogens is 472 g/mol. The van der Waals surface area contributed by atoms with Crippen molar-refractivity contribution in [1.29, 1.82) is 0 Å². The molecule has 0 radical (unpaired) electrons. The van der Waals surface area contributed by atoms with Crippen molar-refractivity contribution in [3.63, 3.8) is 0 Å². The molecule has 0 fully saturated rings. The molecular formula is C34H22O4. The van der Waals surface area contributed by atoms with Crippen LogP contribution < -0.4 is 9.47 Å². The van der Waals surface area contributed by atoms with Gasteiger partial charge in [-0.15, -0.1) is 0 Å². The maximum absolute atomic E-state index is 13.3. The van der Waals surface area contributed by atoms with Crippen molar-refractivity contribution in [2.45, 2.75) is 0 Å². The van der Waals surface area contributed by atoms with Gasteiger partial charge in [0.25, 0.3) is 0 Å². The summed E-state index contributed by atoms with van der Waals surface area (Å²) in [4.78, 5) is 26.5. The molecule has 0 aromatic heterocycles. The van der Waals surface area contributed by atoms with Gasteiger partial charge in [-0.25, -0.2) is 9.59 Å². The minimum atomic E-state index is -0.542. The Morgan fingerprint density at radius 3 is 1.68 bits per heavy atom. The van der Waals surface area contributed by atoms with E-state index in [1.54, 1.807) is 54.6 Å². The van der Waals surface area contributed by atoms with Crippen molar-refractivity contribution < 1.29 is 19.1 Å². The van der Waals surface area contributed by atoms with E-state index in [1.807, 2.05) is 78.9 Å². The maximum Gasteiger partial charge on any atom is 0.343 e. The summed E-state index contributed by atoms with van der Waals surface area (Å²) in [7, 11) is 0. The fourth-order valence-corrected chi connectivity index (χ4v) is 4.65. The lowest BCUT2D eigenvalue weighted by atomic mass is 9.92. The smallest absolute Gasteiger partial charge is 0.343 e. The van der Waals surface area contributed by atoms with E-state index in [1.165, 1.54) is 0 Å². The summed E-state index contributed by atoms with van der Waals surface area (Å²) < 4.78 is 12.0. The molecule has 0 bridgehead atoms. The average molecular weight is 495 g/mol. The first kappa shape index (κ1) is 23.2. The number of ether oxygens (including phenoxy) is 2. The third-order valence-corrected chi connectivity index (χ3v) is 6.44. The summed E-state index contributed by atoms with van der Waals surface area (Å²) in [6.45, 7) is 0. The summed E-state index contributed by atoms with van der Waals surface area (Å²) in [6.07, 6.45) is 0. The summed E-state index contributed by atoms with van der Waals surface area (Å²) in [5, 5.41) is 3.76. The molecule has 6 aromatic carbocycles. The van der Waals surface area contributed by atoms with E-state index in [-0.39, 0.29) is 11.5 Å². The molecule has 0 saturated carbocycles. The number of benzene rings is 6. The van der Waals surface area contributed by atoms with Gasteiger partial charge in [-0.3, -0.25) is 0 Å².